The number of methoxy groups -OCH3 is 2. The largest absolute Gasteiger partial charge is 0.497 e. The number of benzene rings is 1. The van der Waals surface area contributed by atoms with Crippen molar-refractivity contribution in [3.63, 3.8) is 0 Å². The van der Waals surface area contributed by atoms with Crippen LogP contribution in [-0.2, 0) is 6.54 Å². The summed E-state index contributed by atoms with van der Waals surface area (Å²) in [7, 11) is 3.30. The number of anilines is 1. The fourth-order valence-corrected chi connectivity index (χ4v) is 2.12. The molecule has 2 aromatic rings. The van der Waals surface area contributed by atoms with Crippen LogP contribution in [0, 0.1) is 6.92 Å². The van der Waals surface area contributed by atoms with Gasteiger partial charge in [-0.25, -0.2) is 4.98 Å². The summed E-state index contributed by atoms with van der Waals surface area (Å²) in [6.07, 6.45) is 0. The van der Waals surface area contributed by atoms with Crippen LogP contribution in [0.15, 0.2) is 30.3 Å². The van der Waals surface area contributed by atoms with Crippen molar-refractivity contribution in [2.24, 2.45) is 0 Å². The lowest BCUT2D eigenvalue weighted by atomic mass is 10.1. The summed E-state index contributed by atoms with van der Waals surface area (Å²) < 4.78 is 10.6. The second kappa shape index (κ2) is 6.48. The zero-order valence-corrected chi connectivity index (χ0v) is 12.5. The molecule has 0 saturated heterocycles. The minimum atomic E-state index is 0.493. The van der Waals surface area contributed by atoms with E-state index in [0.29, 0.717) is 11.7 Å². The molecule has 1 N–H and O–H groups in total. The second-order valence-corrected chi connectivity index (χ2v) is 4.69. The molecule has 0 atom stereocenters. The van der Waals surface area contributed by atoms with Gasteiger partial charge in [0.25, 0.3) is 0 Å². The number of hydrogen-bond donors (Lipinski definition) is 1. The molecule has 0 spiro atoms. The average molecular weight is 293 g/mol. The summed E-state index contributed by atoms with van der Waals surface area (Å²) in [6, 6.07) is 9.39. The fourth-order valence-electron chi connectivity index (χ4n) is 1.93. The second-order valence-electron chi connectivity index (χ2n) is 4.30. The first kappa shape index (κ1) is 14.5. The van der Waals surface area contributed by atoms with Crippen LogP contribution in [0.1, 0.15) is 11.3 Å². The number of rotatable bonds is 5. The fraction of sp³-hybridized carbons (Fsp3) is 0.267. The van der Waals surface area contributed by atoms with Crippen LogP contribution in [0.4, 0.5) is 5.69 Å². The van der Waals surface area contributed by atoms with Crippen LogP contribution in [0.5, 0.6) is 11.5 Å². The standard InChI is InChI=1S/C15H17ClN2O2/c1-10-13(5-7-15(16)18-10)17-9-11-8-12(19-2)4-6-14(11)20-3/h4-8,17H,9H2,1-3H3. The van der Waals surface area contributed by atoms with E-state index in [1.807, 2.05) is 31.2 Å². The van der Waals surface area contributed by atoms with Gasteiger partial charge in [0.2, 0.25) is 0 Å². The molecular formula is C15H17ClN2O2. The van der Waals surface area contributed by atoms with Crippen LogP contribution >= 0.6 is 11.6 Å². The lowest BCUT2D eigenvalue weighted by Gasteiger charge is -2.13. The number of nitrogens with zero attached hydrogens (tertiary/aromatic N) is 1. The van der Waals surface area contributed by atoms with Gasteiger partial charge in [0.15, 0.2) is 0 Å². The first-order valence-electron chi connectivity index (χ1n) is 6.22. The van der Waals surface area contributed by atoms with E-state index in [2.05, 4.69) is 10.3 Å². The van der Waals surface area contributed by atoms with Gasteiger partial charge >= 0.3 is 0 Å². The minimum absolute atomic E-state index is 0.493. The summed E-state index contributed by atoms with van der Waals surface area (Å²) in [5, 5.41) is 3.82. The maximum atomic E-state index is 5.85. The summed E-state index contributed by atoms with van der Waals surface area (Å²) in [4.78, 5) is 4.21. The maximum absolute atomic E-state index is 5.85. The zero-order chi connectivity index (χ0) is 14.5. The molecule has 0 saturated carbocycles. The lowest BCUT2D eigenvalue weighted by molar-refractivity contribution is 0.399. The number of aromatic nitrogens is 1. The Balaban J connectivity index is 2.17. The molecule has 2 rings (SSSR count). The third kappa shape index (κ3) is 3.33. The monoisotopic (exact) mass is 292 g/mol. The lowest BCUT2D eigenvalue weighted by Crippen LogP contribution is -2.04. The van der Waals surface area contributed by atoms with Crippen molar-refractivity contribution in [2.75, 3.05) is 19.5 Å². The Hall–Kier alpha value is -1.94. The number of halogens is 1. The molecule has 1 heterocycles. The Morgan fingerprint density at radius 3 is 2.60 bits per heavy atom. The predicted molar refractivity (Wildman–Crippen MR) is 80.9 cm³/mol. The van der Waals surface area contributed by atoms with Crippen molar-refractivity contribution in [1.82, 2.24) is 4.98 Å². The van der Waals surface area contributed by atoms with Crippen molar-refractivity contribution in [3.05, 3.63) is 46.7 Å². The SMILES string of the molecule is COc1ccc(OC)c(CNc2ccc(Cl)nc2C)c1. The highest BCUT2D eigenvalue weighted by Crippen LogP contribution is 2.25. The number of ether oxygens (including phenoxy) is 2. The van der Waals surface area contributed by atoms with Gasteiger partial charge in [-0.2, -0.15) is 0 Å². The van der Waals surface area contributed by atoms with Crippen molar-refractivity contribution >= 4 is 17.3 Å². The van der Waals surface area contributed by atoms with Gasteiger partial charge in [-0.1, -0.05) is 11.6 Å². The van der Waals surface area contributed by atoms with Crippen LogP contribution in [0.3, 0.4) is 0 Å². The molecule has 0 aliphatic heterocycles. The highest BCUT2D eigenvalue weighted by molar-refractivity contribution is 6.29. The van der Waals surface area contributed by atoms with Gasteiger partial charge in [0.05, 0.1) is 25.6 Å². The molecule has 5 heteroatoms. The number of nitrogens with one attached hydrogen (secondary N) is 1. The molecule has 1 aromatic carbocycles. The van der Waals surface area contributed by atoms with E-state index in [9.17, 15) is 0 Å². The number of hydrogen-bond acceptors (Lipinski definition) is 4. The molecule has 0 unspecified atom stereocenters. The molecule has 0 fully saturated rings. The molecule has 1 aromatic heterocycles. The average Bonchev–Trinajstić information content (AvgIpc) is 2.46. The van der Waals surface area contributed by atoms with Crippen LogP contribution in [-0.4, -0.2) is 19.2 Å². The minimum Gasteiger partial charge on any atom is -0.497 e. The highest BCUT2D eigenvalue weighted by Gasteiger charge is 2.06. The number of pyridine rings is 1. The smallest absolute Gasteiger partial charge is 0.129 e. The van der Waals surface area contributed by atoms with Crippen molar-refractivity contribution < 1.29 is 9.47 Å². The zero-order valence-electron chi connectivity index (χ0n) is 11.7. The van der Waals surface area contributed by atoms with E-state index >= 15 is 0 Å². The highest BCUT2D eigenvalue weighted by atomic mass is 35.5. The van der Waals surface area contributed by atoms with E-state index in [4.69, 9.17) is 21.1 Å². The molecule has 20 heavy (non-hydrogen) atoms. The van der Waals surface area contributed by atoms with Crippen LogP contribution < -0.4 is 14.8 Å². The topological polar surface area (TPSA) is 43.4 Å². The Morgan fingerprint density at radius 2 is 1.95 bits per heavy atom. The Kier molecular flexibility index (Phi) is 4.69. The molecule has 0 aliphatic carbocycles. The molecule has 0 bridgehead atoms. The van der Waals surface area contributed by atoms with Gasteiger partial charge < -0.3 is 14.8 Å². The predicted octanol–water partition coefficient (Wildman–Crippen LogP) is 3.67. The van der Waals surface area contributed by atoms with Crippen molar-refractivity contribution in [2.45, 2.75) is 13.5 Å². The third-order valence-corrected chi connectivity index (χ3v) is 3.22. The normalized spacial score (nSPS) is 10.2. The first-order valence-corrected chi connectivity index (χ1v) is 6.59. The molecule has 0 radical (unpaired) electrons. The summed E-state index contributed by atoms with van der Waals surface area (Å²) >= 11 is 5.85. The summed E-state index contributed by atoms with van der Waals surface area (Å²) in [5.41, 5.74) is 2.82. The summed E-state index contributed by atoms with van der Waals surface area (Å²) in [6.45, 7) is 2.53. The molecular weight excluding hydrogens is 276 g/mol. The summed E-state index contributed by atoms with van der Waals surface area (Å²) in [5.74, 6) is 1.62. The third-order valence-electron chi connectivity index (χ3n) is 3.01. The van der Waals surface area contributed by atoms with E-state index in [1.54, 1.807) is 20.3 Å². The first-order chi connectivity index (χ1) is 9.63. The maximum Gasteiger partial charge on any atom is 0.129 e. The number of aryl methyl sites for hydroxylation is 1. The van der Waals surface area contributed by atoms with E-state index in [-0.39, 0.29) is 0 Å². The van der Waals surface area contributed by atoms with E-state index in [0.717, 1.165) is 28.4 Å². The van der Waals surface area contributed by atoms with Crippen molar-refractivity contribution in [3.8, 4) is 11.5 Å². The van der Waals surface area contributed by atoms with Crippen molar-refractivity contribution in [1.29, 1.82) is 0 Å². The molecule has 0 amide bonds. The quantitative estimate of drug-likeness (QED) is 0.854. The van der Waals surface area contributed by atoms with E-state index < -0.39 is 0 Å². The molecule has 4 nitrogen and oxygen atoms in total. The van der Waals surface area contributed by atoms with Gasteiger partial charge in [0, 0.05) is 12.1 Å². The Labute approximate surface area is 123 Å². The van der Waals surface area contributed by atoms with Gasteiger partial charge in [0.1, 0.15) is 16.7 Å². The van der Waals surface area contributed by atoms with Gasteiger partial charge in [-0.05, 0) is 37.3 Å². The Morgan fingerprint density at radius 1 is 1.15 bits per heavy atom. The Bertz CT molecular complexity index is 602. The van der Waals surface area contributed by atoms with Crippen LogP contribution in [0.25, 0.3) is 0 Å². The van der Waals surface area contributed by atoms with Crippen LogP contribution in [0.2, 0.25) is 5.15 Å². The molecule has 106 valence electrons. The van der Waals surface area contributed by atoms with Gasteiger partial charge in [-0.3, -0.25) is 0 Å². The van der Waals surface area contributed by atoms with E-state index in [1.165, 1.54) is 0 Å². The molecule has 0 aliphatic rings. The van der Waals surface area contributed by atoms with Gasteiger partial charge in [-0.15, -0.1) is 0 Å².